The number of amides is 3. The molecule has 1 aliphatic rings. The smallest absolute Gasteiger partial charge is 0.338 e. The number of anilines is 1. The zero-order chi connectivity index (χ0) is 25.3. The first kappa shape index (κ1) is 24.4. The normalized spacial score (nSPS) is 13.4. The molecule has 0 bridgehead atoms. The number of halogens is 2. The number of fused-ring (bicyclic) bond motifs is 1. The van der Waals surface area contributed by atoms with Crippen molar-refractivity contribution >= 4 is 52.6 Å². The van der Waals surface area contributed by atoms with Crippen molar-refractivity contribution in [3.63, 3.8) is 0 Å². The van der Waals surface area contributed by atoms with Gasteiger partial charge in [-0.2, -0.15) is 0 Å². The summed E-state index contributed by atoms with van der Waals surface area (Å²) < 4.78 is 5.29. The van der Waals surface area contributed by atoms with Crippen molar-refractivity contribution in [1.29, 1.82) is 0 Å². The Labute approximate surface area is 211 Å². The van der Waals surface area contributed by atoms with Crippen LogP contribution in [0.15, 0.2) is 60.7 Å². The lowest BCUT2D eigenvalue weighted by Crippen LogP contribution is -2.30. The van der Waals surface area contributed by atoms with Gasteiger partial charge in [0.2, 0.25) is 0 Å². The Bertz CT molecular complexity index is 1350. The molecule has 0 aliphatic carbocycles. The van der Waals surface area contributed by atoms with Crippen molar-refractivity contribution in [2.24, 2.45) is 0 Å². The zero-order valence-corrected chi connectivity index (χ0v) is 20.3. The molecule has 1 N–H and O–H groups in total. The van der Waals surface area contributed by atoms with E-state index >= 15 is 0 Å². The number of esters is 1. The van der Waals surface area contributed by atoms with E-state index in [0.29, 0.717) is 21.3 Å². The molecule has 7 nitrogen and oxygen atoms in total. The minimum atomic E-state index is -1.12. The van der Waals surface area contributed by atoms with E-state index in [4.69, 9.17) is 27.9 Å². The summed E-state index contributed by atoms with van der Waals surface area (Å²) in [5.41, 5.74) is 2.28. The van der Waals surface area contributed by atoms with Crippen LogP contribution in [0.5, 0.6) is 0 Å². The molecule has 0 saturated heterocycles. The second kappa shape index (κ2) is 9.90. The molecule has 1 atom stereocenters. The molecule has 1 aliphatic heterocycles. The van der Waals surface area contributed by atoms with Crippen LogP contribution < -0.4 is 5.32 Å². The van der Waals surface area contributed by atoms with Crippen molar-refractivity contribution in [1.82, 2.24) is 4.90 Å². The molecular weight excluding hydrogens is 491 g/mol. The third-order valence-corrected chi connectivity index (χ3v) is 6.30. The molecule has 0 saturated carbocycles. The average molecular weight is 511 g/mol. The van der Waals surface area contributed by atoms with Crippen molar-refractivity contribution in [2.45, 2.75) is 26.5 Å². The van der Waals surface area contributed by atoms with Gasteiger partial charge in [-0.05, 0) is 67.4 Å². The fourth-order valence-electron chi connectivity index (χ4n) is 3.59. The van der Waals surface area contributed by atoms with Gasteiger partial charge in [0, 0.05) is 15.7 Å². The fourth-order valence-corrected chi connectivity index (χ4v) is 3.89. The van der Waals surface area contributed by atoms with Crippen LogP contribution in [0.1, 0.15) is 49.1 Å². The largest absolute Gasteiger partial charge is 0.449 e. The number of imide groups is 1. The van der Waals surface area contributed by atoms with Gasteiger partial charge in [-0.25, -0.2) is 4.79 Å². The number of benzene rings is 3. The predicted molar refractivity (Wildman–Crippen MR) is 132 cm³/mol. The van der Waals surface area contributed by atoms with E-state index in [-0.39, 0.29) is 23.2 Å². The first-order valence-corrected chi connectivity index (χ1v) is 11.4. The molecule has 0 radical (unpaired) electrons. The number of rotatable bonds is 6. The Morgan fingerprint density at radius 3 is 2.37 bits per heavy atom. The minimum absolute atomic E-state index is 0.0526. The maximum atomic E-state index is 12.9. The van der Waals surface area contributed by atoms with Gasteiger partial charge in [-0.15, -0.1) is 0 Å². The summed E-state index contributed by atoms with van der Waals surface area (Å²) in [6.07, 6.45) is -1.12. The number of nitrogens with zero attached hydrogens (tertiary/aromatic N) is 1. The molecule has 9 heteroatoms. The molecule has 1 unspecified atom stereocenters. The highest BCUT2D eigenvalue weighted by molar-refractivity contribution is 6.32. The number of hydrogen-bond donors (Lipinski definition) is 1. The average Bonchev–Trinajstić information content (AvgIpc) is 3.07. The summed E-state index contributed by atoms with van der Waals surface area (Å²) in [5.74, 6) is -2.30. The van der Waals surface area contributed by atoms with E-state index in [2.05, 4.69) is 5.32 Å². The van der Waals surface area contributed by atoms with Crippen molar-refractivity contribution in [2.75, 3.05) is 5.32 Å². The maximum absolute atomic E-state index is 12.9. The van der Waals surface area contributed by atoms with E-state index in [1.807, 2.05) is 0 Å². The monoisotopic (exact) mass is 510 g/mol. The van der Waals surface area contributed by atoms with Gasteiger partial charge >= 0.3 is 5.97 Å². The summed E-state index contributed by atoms with van der Waals surface area (Å²) in [7, 11) is 0. The van der Waals surface area contributed by atoms with E-state index in [9.17, 15) is 19.2 Å². The summed E-state index contributed by atoms with van der Waals surface area (Å²) in [4.78, 5) is 52.0. The summed E-state index contributed by atoms with van der Waals surface area (Å²) in [6.45, 7) is 3.26. The zero-order valence-electron chi connectivity index (χ0n) is 18.8. The third kappa shape index (κ3) is 5.06. The first-order valence-electron chi connectivity index (χ1n) is 10.7. The SMILES string of the molecule is Cc1c(Cl)cccc1NC(=O)C(C)OC(=O)c1ccc2c(c1)C(=O)N(Cc1ccc(Cl)cc1)C2=O. The number of ether oxygens (including phenoxy) is 1. The second-order valence-corrected chi connectivity index (χ2v) is 8.88. The molecule has 3 aromatic rings. The highest BCUT2D eigenvalue weighted by atomic mass is 35.5. The Kier molecular flexibility index (Phi) is 6.91. The van der Waals surface area contributed by atoms with Crippen molar-refractivity contribution < 1.29 is 23.9 Å². The van der Waals surface area contributed by atoms with Crippen LogP contribution in [0.25, 0.3) is 0 Å². The number of hydrogen-bond acceptors (Lipinski definition) is 5. The number of carbonyl (C=O) groups excluding carboxylic acids is 4. The topological polar surface area (TPSA) is 92.8 Å². The van der Waals surface area contributed by atoms with Crippen molar-refractivity contribution in [3.05, 3.63) is 98.5 Å². The second-order valence-electron chi connectivity index (χ2n) is 8.03. The van der Waals surface area contributed by atoms with Gasteiger partial charge in [0.15, 0.2) is 6.10 Å². The van der Waals surface area contributed by atoms with Gasteiger partial charge in [0.1, 0.15) is 0 Å². The van der Waals surface area contributed by atoms with Crippen LogP contribution in [-0.4, -0.2) is 34.7 Å². The van der Waals surface area contributed by atoms with E-state index in [1.165, 1.54) is 25.1 Å². The highest BCUT2D eigenvalue weighted by Gasteiger charge is 2.36. The van der Waals surface area contributed by atoms with Gasteiger partial charge in [0.05, 0.1) is 23.2 Å². The summed E-state index contributed by atoms with van der Waals surface area (Å²) in [5, 5.41) is 3.72. The standard InChI is InChI=1S/C26H20Cl2N2O5/c1-14-21(28)4-3-5-22(14)29-23(31)15(2)35-26(34)17-8-11-19-20(12-17)25(33)30(24(19)32)13-16-6-9-18(27)10-7-16/h3-12,15H,13H2,1-2H3,(H,29,31). The Hall–Kier alpha value is -3.68. The van der Waals surface area contributed by atoms with Crippen LogP contribution in [0.4, 0.5) is 5.69 Å². The molecule has 4 rings (SSSR count). The third-order valence-electron chi connectivity index (χ3n) is 5.64. The first-order chi connectivity index (χ1) is 16.7. The van der Waals surface area contributed by atoms with E-state index in [1.54, 1.807) is 49.4 Å². The predicted octanol–water partition coefficient (Wildman–Crippen LogP) is 5.28. The fraction of sp³-hybridized carbons (Fsp3) is 0.154. The quantitative estimate of drug-likeness (QED) is 0.359. The lowest BCUT2D eigenvalue weighted by Gasteiger charge is -2.15. The molecule has 178 valence electrons. The molecule has 0 fully saturated rings. The molecule has 3 aromatic carbocycles. The Morgan fingerprint density at radius 2 is 1.66 bits per heavy atom. The molecule has 0 aromatic heterocycles. The van der Waals surface area contributed by atoms with E-state index in [0.717, 1.165) is 10.5 Å². The van der Waals surface area contributed by atoms with Gasteiger partial charge < -0.3 is 10.1 Å². The van der Waals surface area contributed by atoms with Crippen LogP contribution in [-0.2, 0) is 16.1 Å². The van der Waals surface area contributed by atoms with Gasteiger partial charge in [0.25, 0.3) is 17.7 Å². The van der Waals surface area contributed by atoms with Crippen LogP contribution in [0, 0.1) is 6.92 Å². The molecule has 1 heterocycles. The number of nitrogens with one attached hydrogen (secondary N) is 1. The maximum Gasteiger partial charge on any atom is 0.338 e. The van der Waals surface area contributed by atoms with Gasteiger partial charge in [-0.3, -0.25) is 19.3 Å². The van der Waals surface area contributed by atoms with Crippen LogP contribution >= 0.6 is 23.2 Å². The Balaban J connectivity index is 1.45. The van der Waals surface area contributed by atoms with Crippen LogP contribution in [0.3, 0.4) is 0 Å². The lowest BCUT2D eigenvalue weighted by molar-refractivity contribution is -0.123. The van der Waals surface area contributed by atoms with Gasteiger partial charge in [-0.1, -0.05) is 41.4 Å². The van der Waals surface area contributed by atoms with Crippen LogP contribution in [0.2, 0.25) is 10.0 Å². The Morgan fingerprint density at radius 1 is 0.971 bits per heavy atom. The van der Waals surface area contributed by atoms with E-state index < -0.39 is 29.8 Å². The van der Waals surface area contributed by atoms with Crippen molar-refractivity contribution in [3.8, 4) is 0 Å². The highest BCUT2D eigenvalue weighted by Crippen LogP contribution is 2.27. The number of carbonyl (C=O) groups is 4. The summed E-state index contributed by atoms with van der Waals surface area (Å²) >= 11 is 12.0. The molecule has 3 amide bonds. The molecular formula is C26H20Cl2N2O5. The molecule has 0 spiro atoms. The lowest BCUT2D eigenvalue weighted by atomic mass is 10.1. The minimum Gasteiger partial charge on any atom is -0.449 e. The summed E-state index contributed by atoms with van der Waals surface area (Å²) in [6, 6.07) is 16.0. The molecule has 35 heavy (non-hydrogen) atoms.